The van der Waals surface area contributed by atoms with Gasteiger partial charge in [-0.25, -0.2) is 4.98 Å². The molecule has 3 aromatic rings. The second kappa shape index (κ2) is 5.53. The zero-order chi connectivity index (χ0) is 14.7. The maximum atomic E-state index is 12.0. The van der Waals surface area contributed by atoms with E-state index < -0.39 is 0 Å². The quantitative estimate of drug-likeness (QED) is 0.714. The predicted molar refractivity (Wildman–Crippen MR) is 69.8 cm³/mol. The minimum atomic E-state index is -0.309. The Morgan fingerprint density at radius 3 is 2.81 bits per heavy atom. The van der Waals surface area contributed by atoms with Gasteiger partial charge < -0.3 is 13.8 Å². The van der Waals surface area contributed by atoms with Crippen molar-refractivity contribution in [3.8, 4) is 11.4 Å². The number of pyridine rings is 1. The zero-order valence-corrected chi connectivity index (χ0v) is 11.1. The van der Waals surface area contributed by atoms with Crippen molar-refractivity contribution in [3.05, 3.63) is 48.8 Å². The molecule has 21 heavy (non-hydrogen) atoms. The first-order valence-electron chi connectivity index (χ1n) is 6.11. The van der Waals surface area contributed by atoms with Gasteiger partial charge in [-0.3, -0.25) is 9.78 Å². The van der Waals surface area contributed by atoms with Gasteiger partial charge in [0.25, 0.3) is 5.91 Å². The van der Waals surface area contributed by atoms with Crippen molar-refractivity contribution >= 4 is 5.91 Å². The summed E-state index contributed by atoms with van der Waals surface area (Å²) in [4.78, 5) is 25.3. The highest BCUT2D eigenvalue weighted by Crippen LogP contribution is 2.15. The van der Waals surface area contributed by atoms with Crippen LogP contribution >= 0.6 is 0 Å². The summed E-state index contributed by atoms with van der Waals surface area (Å²) in [5, 5.41) is 3.87. The summed E-state index contributed by atoms with van der Waals surface area (Å²) in [7, 11) is 1.61. The van der Waals surface area contributed by atoms with Gasteiger partial charge in [0, 0.05) is 25.0 Å². The van der Waals surface area contributed by atoms with Crippen molar-refractivity contribution in [2.45, 2.75) is 6.54 Å². The highest BCUT2D eigenvalue weighted by molar-refractivity contribution is 5.90. The molecule has 8 heteroatoms. The average Bonchev–Trinajstić information content (AvgIpc) is 3.19. The number of oxazole rings is 1. The largest absolute Gasteiger partial charge is 0.438 e. The SMILES string of the molecule is CN(Cc1nc(-c2ccncc2)no1)C(=O)c1cnco1. The van der Waals surface area contributed by atoms with E-state index in [1.807, 2.05) is 0 Å². The van der Waals surface area contributed by atoms with Crippen molar-refractivity contribution in [2.75, 3.05) is 7.05 Å². The van der Waals surface area contributed by atoms with Crippen LogP contribution in [-0.4, -0.2) is 38.0 Å². The Kier molecular flexibility index (Phi) is 3.42. The van der Waals surface area contributed by atoms with E-state index in [-0.39, 0.29) is 18.2 Å². The molecule has 3 rings (SSSR count). The molecular formula is C13H11N5O3. The number of carbonyl (C=O) groups is 1. The monoisotopic (exact) mass is 285 g/mol. The summed E-state index contributed by atoms with van der Waals surface area (Å²) in [6, 6.07) is 3.55. The van der Waals surface area contributed by atoms with Crippen LogP contribution in [0.4, 0.5) is 0 Å². The molecule has 0 bridgehead atoms. The Balaban J connectivity index is 1.71. The van der Waals surface area contributed by atoms with Gasteiger partial charge in [0.05, 0.1) is 6.20 Å². The van der Waals surface area contributed by atoms with E-state index in [9.17, 15) is 4.79 Å². The van der Waals surface area contributed by atoms with Gasteiger partial charge in [-0.1, -0.05) is 5.16 Å². The van der Waals surface area contributed by atoms with Crippen LogP contribution in [0.2, 0.25) is 0 Å². The van der Waals surface area contributed by atoms with Crippen LogP contribution in [0.1, 0.15) is 16.4 Å². The standard InChI is InChI=1S/C13H11N5O3/c1-18(13(19)10-6-15-8-20-10)7-11-16-12(17-21-11)9-2-4-14-5-3-9/h2-6,8H,7H2,1H3. The topological polar surface area (TPSA) is 98.2 Å². The molecule has 0 fully saturated rings. The Hall–Kier alpha value is -3.03. The van der Waals surface area contributed by atoms with Crippen molar-refractivity contribution in [1.82, 2.24) is 25.0 Å². The molecule has 0 unspecified atom stereocenters. The first-order valence-corrected chi connectivity index (χ1v) is 6.11. The molecule has 0 atom stereocenters. The molecule has 3 aromatic heterocycles. The lowest BCUT2D eigenvalue weighted by molar-refractivity contribution is 0.0738. The molecule has 1 amide bonds. The molecule has 3 heterocycles. The van der Waals surface area contributed by atoms with Crippen molar-refractivity contribution in [1.29, 1.82) is 0 Å². The number of aromatic nitrogens is 4. The lowest BCUT2D eigenvalue weighted by Crippen LogP contribution is -2.25. The number of nitrogens with zero attached hydrogens (tertiary/aromatic N) is 5. The van der Waals surface area contributed by atoms with Crippen LogP contribution in [0.25, 0.3) is 11.4 Å². The number of hydrogen-bond acceptors (Lipinski definition) is 7. The third-order valence-electron chi connectivity index (χ3n) is 2.77. The summed E-state index contributed by atoms with van der Waals surface area (Å²) in [6.45, 7) is 0.178. The minimum Gasteiger partial charge on any atom is -0.438 e. The number of carbonyl (C=O) groups excluding carboxylic acids is 1. The Morgan fingerprint density at radius 1 is 1.29 bits per heavy atom. The third kappa shape index (κ3) is 2.78. The van der Waals surface area contributed by atoms with Crippen LogP contribution in [0, 0.1) is 0 Å². The Labute approximate surface area is 119 Å². The van der Waals surface area contributed by atoms with Gasteiger partial charge in [-0.2, -0.15) is 4.98 Å². The summed E-state index contributed by atoms with van der Waals surface area (Å²) < 4.78 is 10.1. The van der Waals surface area contributed by atoms with Crippen molar-refractivity contribution in [3.63, 3.8) is 0 Å². The van der Waals surface area contributed by atoms with Crippen LogP contribution < -0.4 is 0 Å². The highest BCUT2D eigenvalue weighted by Gasteiger charge is 2.18. The molecule has 0 saturated heterocycles. The maximum absolute atomic E-state index is 12.0. The first kappa shape index (κ1) is 13.0. The fraction of sp³-hybridized carbons (Fsp3) is 0.154. The molecule has 0 spiro atoms. The number of hydrogen-bond donors (Lipinski definition) is 0. The lowest BCUT2D eigenvalue weighted by Gasteiger charge is -2.11. The minimum absolute atomic E-state index is 0.159. The zero-order valence-electron chi connectivity index (χ0n) is 11.1. The van der Waals surface area contributed by atoms with Crippen LogP contribution in [-0.2, 0) is 6.54 Å². The number of rotatable bonds is 4. The van der Waals surface area contributed by atoms with E-state index in [1.54, 1.807) is 31.6 Å². The van der Waals surface area contributed by atoms with E-state index in [2.05, 4.69) is 20.1 Å². The van der Waals surface area contributed by atoms with Gasteiger partial charge in [0.2, 0.25) is 17.5 Å². The van der Waals surface area contributed by atoms with E-state index in [1.165, 1.54) is 17.5 Å². The molecule has 0 N–H and O–H groups in total. The summed E-state index contributed by atoms with van der Waals surface area (Å²) >= 11 is 0. The highest BCUT2D eigenvalue weighted by atomic mass is 16.5. The maximum Gasteiger partial charge on any atom is 0.291 e. The molecule has 0 aromatic carbocycles. The van der Waals surface area contributed by atoms with E-state index in [0.29, 0.717) is 11.7 Å². The Morgan fingerprint density at radius 2 is 2.10 bits per heavy atom. The molecule has 0 radical (unpaired) electrons. The van der Waals surface area contributed by atoms with Gasteiger partial charge in [0.1, 0.15) is 6.54 Å². The van der Waals surface area contributed by atoms with Crippen LogP contribution in [0.5, 0.6) is 0 Å². The second-order valence-corrected chi connectivity index (χ2v) is 4.27. The van der Waals surface area contributed by atoms with Gasteiger partial charge in [-0.15, -0.1) is 0 Å². The van der Waals surface area contributed by atoms with Crippen molar-refractivity contribution in [2.24, 2.45) is 0 Å². The first-order chi connectivity index (χ1) is 10.2. The third-order valence-corrected chi connectivity index (χ3v) is 2.77. The number of amides is 1. The summed E-state index contributed by atoms with van der Waals surface area (Å²) in [5.74, 6) is 0.632. The molecular weight excluding hydrogens is 274 g/mol. The molecule has 0 aliphatic carbocycles. The second-order valence-electron chi connectivity index (χ2n) is 4.27. The molecule has 0 aliphatic heterocycles. The van der Waals surface area contributed by atoms with Gasteiger partial charge in [-0.05, 0) is 12.1 Å². The average molecular weight is 285 g/mol. The predicted octanol–water partition coefficient (Wildman–Crippen LogP) is 1.39. The van der Waals surface area contributed by atoms with Crippen LogP contribution in [0.3, 0.4) is 0 Å². The molecule has 8 nitrogen and oxygen atoms in total. The van der Waals surface area contributed by atoms with Crippen LogP contribution in [0.15, 0.2) is 46.1 Å². The normalized spacial score (nSPS) is 10.5. The van der Waals surface area contributed by atoms with E-state index >= 15 is 0 Å². The molecule has 0 saturated carbocycles. The van der Waals surface area contributed by atoms with E-state index in [4.69, 9.17) is 8.94 Å². The fourth-order valence-corrected chi connectivity index (χ4v) is 1.72. The van der Waals surface area contributed by atoms with Crippen molar-refractivity contribution < 1.29 is 13.7 Å². The van der Waals surface area contributed by atoms with Gasteiger partial charge >= 0.3 is 0 Å². The molecule has 0 aliphatic rings. The summed E-state index contributed by atoms with van der Waals surface area (Å²) in [5.41, 5.74) is 0.796. The summed E-state index contributed by atoms with van der Waals surface area (Å²) in [6.07, 6.45) is 5.85. The Bertz CT molecular complexity index is 723. The molecule has 106 valence electrons. The smallest absolute Gasteiger partial charge is 0.291 e. The van der Waals surface area contributed by atoms with E-state index in [0.717, 1.165) is 5.56 Å². The van der Waals surface area contributed by atoms with Gasteiger partial charge in [0.15, 0.2) is 6.39 Å². The fourth-order valence-electron chi connectivity index (χ4n) is 1.72. The lowest BCUT2D eigenvalue weighted by atomic mass is 10.2.